The third kappa shape index (κ3) is 2.34. The monoisotopic (exact) mass is 286 g/mol. The molecule has 0 saturated heterocycles. The third-order valence-corrected chi connectivity index (χ3v) is 4.12. The van der Waals surface area contributed by atoms with Crippen LogP contribution in [-0.4, -0.2) is 7.11 Å². The van der Waals surface area contributed by atoms with Crippen LogP contribution in [0.2, 0.25) is 0 Å². The van der Waals surface area contributed by atoms with Gasteiger partial charge < -0.3 is 9.15 Å². The Morgan fingerprint density at radius 2 is 2.15 bits per heavy atom. The van der Waals surface area contributed by atoms with Gasteiger partial charge in [0, 0.05) is 11.3 Å². The van der Waals surface area contributed by atoms with Gasteiger partial charge in [-0.15, -0.1) is 11.3 Å². The van der Waals surface area contributed by atoms with E-state index in [1.165, 1.54) is 4.88 Å². The van der Waals surface area contributed by atoms with Crippen molar-refractivity contribution in [3.8, 4) is 5.75 Å². The van der Waals surface area contributed by atoms with Gasteiger partial charge >= 0.3 is 5.63 Å². The van der Waals surface area contributed by atoms with Crippen LogP contribution in [0.15, 0.2) is 44.9 Å². The van der Waals surface area contributed by atoms with E-state index < -0.39 is 0 Å². The quantitative estimate of drug-likeness (QED) is 0.736. The van der Waals surface area contributed by atoms with Gasteiger partial charge in [-0.3, -0.25) is 0 Å². The number of methoxy groups -OCH3 is 1. The van der Waals surface area contributed by atoms with Crippen LogP contribution < -0.4 is 10.4 Å². The van der Waals surface area contributed by atoms with Crippen molar-refractivity contribution in [3.05, 3.63) is 62.3 Å². The largest absolute Gasteiger partial charge is 0.497 e. The molecule has 0 unspecified atom stereocenters. The second kappa shape index (κ2) is 5.13. The average Bonchev–Trinajstić information content (AvgIpc) is 2.90. The topological polar surface area (TPSA) is 39.4 Å². The summed E-state index contributed by atoms with van der Waals surface area (Å²) in [6.45, 7) is 1.89. The highest BCUT2D eigenvalue weighted by Crippen LogP contribution is 2.24. The lowest BCUT2D eigenvalue weighted by Gasteiger charge is -2.06. The van der Waals surface area contributed by atoms with Crippen LogP contribution in [0, 0.1) is 6.92 Å². The Kier molecular flexibility index (Phi) is 3.32. The van der Waals surface area contributed by atoms with Crippen molar-refractivity contribution in [2.24, 2.45) is 0 Å². The Labute approximate surface area is 120 Å². The van der Waals surface area contributed by atoms with E-state index in [0.717, 1.165) is 16.7 Å². The van der Waals surface area contributed by atoms with E-state index in [2.05, 4.69) is 0 Å². The molecule has 0 aliphatic rings. The number of hydrogen-bond acceptors (Lipinski definition) is 4. The summed E-state index contributed by atoms with van der Waals surface area (Å²) in [4.78, 5) is 13.3. The lowest BCUT2D eigenvalue weighted by Crippen LogP contribution is -2.04. The second-order valence-electron chi connectivity index (χ2n) is 4.66. The summed E-state index contributed by atoms with van der Waals surface area (Å²) in [7, 11) is 1.62. The van der Waals surface area contributed by atoms with E-state index in [-0.39, 0.29) is 5.63 Å². The molecule has 0 spiro atoms. The number of thiophene rings is 1. The molecule has 0 N–H and O–H groups in total. The minimum absolute atomic E-state index is 0.283. The highest BCUT2D eigenvalue weighted by molar-refractivity contribution is 7.09. The van der Waals surface area contributed by atoms with Crippen LogP contribution in [0.4, 0.5) is 0 Å². The van der Waals surface area contributed by atoms with Gasteiger partial charge in [-0.2, -0.15) is 0 Å². The molecule has 1 aromatic carbocycles. The number of fused-ring (bicyclic) bond motifs is 1. The first kappa shape index (κ1) is 12.9. The van der Waals surface area contributed by atoms with Crippen molar-refractivity contribution < 1.29 is 9.15 Å². The van der Waals surface area contributed by atoms with Gasteiger partial charge in [0.1, 0.15) is 11.5 Å². The molecule has 0 fully saturated rings. The molecule has 102 valence electrons. The van der Waals surface area contributed by atoms with Crippen LogP contribution in [0.1, 0.15) is 16.2 Å². The number of benzene rings is 1. The molecule has 3 rings (SSSR count). The van der Waals surface area contributed by atoms with Crippen molar-refractivity contribution >= 4 is 22.1 Å². The van der Waals surface area contributed by atoms with Crippen LogP contribution in [0.5, 0.6) is 5.75 Å². The molecule has 0 bridgehead atoms. The molecule has 0 saturated carbocycles. The van der Waals surface area contributed by atoms with E-state index in [0.29, 0.717) is 17.6 Å². The van der Waals surface area contributed by atoms with E-state index in [9.17, 15) is 4.79 Å². The molecule has 3 nitrogen and oxygen atoms in total. The molecule has 0 radical (unpaired) electrons. The van der Waals surface area contributed by atoms with E-state index >= 15 is 0 Å². The zero-order valence-electron chi connectivity index (χ0n) is 11.3. The first-order valence-corrected chi connectivity index (χ1v) is 7.19. The molecule has 3 aromatic rings. The number of aryl methyl sites for hydroxylation is 1. The van der Waals surface area contributed by atoms with Gasteiger partial charge in [-0.05, 0) is 47.5 Å². The molecule has 2 aromatic heterocycles. The predicted molar refractivity (Wildman–Crippen MR) is 80.9 cm³/mol. The van der Waals surface area contributed by atoms with Crippen molar-refractivity contribution in [3.63, 3.8) is 0 Å². The Hall–Kier alpha value is -2.07. The molecular weight excluding hydrogens is 272 g/mol. The lowest BCUT2D eigenvalue weighted by atomic mass is 10.1. The van der Waals surface area contributed by atoms with Gasteiger partial charge in [0.15, 0.2) is 0 Å². The first-order chi connectivity index (χ1) is 9.67. The summed E-state index contributed by atoms with van der Waals surface area (Å²) in [6, 6.07) is 9.67. The standard InChI is InChI=1S/C16H14O3S/c1-10-6-12(18-2)7-11-8-13(19-16(17)15(10)11)9-14-4-3-5-20-14/h3-8H,9H2,1-2H3. The molecule has 20 heavy (non-hydrogen) atoms. The fourth-order valence-corrected chi connectivity index (χ4v) is 3.05. The van der Waals surface area contributed by atoms with E-state index in [4.69, 9.17) is 9.15 Å². The summed E-state index contributed by atoms with van der Waals surface area (Å²) in [5.41, 5.74) is 0.588. The van der Waals surface area contributed by atoms with Crippen LogP contribution in [-0.2, 0) is 6.42 Å². The zero-order valence-corrected chi connectivity index (χ0v) is 12.1. The molecule has 4 heteroatoms. The molecule has 0 amide bonds. The number of hydrogen-bond donors (Lipinski definition) is 0. The first-order valence-electron chi connectivity index (χ1n) is 6.31. The van der Waals surface area contributed by atoms with Gasteiger partial charge in [-0.1, -0.05) is 6.07 Å². The van der Waals surface area contributed by atoms with Crippen LogP contribution in [0.3, 0.4) is 0 Å². The molecular formula is C16H14O3S. The second-order valence-corrected chi connectivity index (χ2v) is 5.70. The smallest absolute Gasteiger partial charge is 0.344 e. The van der Waals surface area contributed by atoms with Gasteiger partial charge in [0.2, 0.25) is 0 Å². The van der Waals surface area contributed by atoms with Gasteiger partial charge in [0.25, 0.3) is 0 Å². The van der Waals surface area contributed by atoms with Crippen molar-refractivity contribution in [1.29, 1.82) is 0 Å². The summed E-state index contributed by atoms with van der Waals surface area (Å²) in [5.74, 6) is 1.43. The zero-order chi connectivity index (χ0) is 14.1. The van der Waals surface area contributed by atoms with Gasteiger partial charge in [-0.25, -0.2) is 4.79 Å². The molecule has 0 aliphatic heterocycles. The van der Waals surface area contributed by atoms with Gasteiger partial charge in [0.05, 0.1) is 12.5 Å². The van der Waals surface area contributed by atoms with E-state index in [1.807, 2.05) is 42.6 Å². The molecule has 2 heterocycles. The Balaban J connectivity index is 2.15. The van der Waals surface area contributed by atoms with Crippen molar-refractivity contribution in [2.45, 2.75) is 13.3 Å². The van der Waals surface area contributed by atoms with E-state index in [1.54, 1.807) is 18.4 Å². The minimum atomic E-state index is -0.283. The normalized spacial score (nSPS) is 10.9. The Morgan fingerprint density at radius 1 is 1.30 bits per heavy atom. The van der Waals surface area contributed by atoms with Crippen LogP contribution in [0.25, 0.3) is 10.8 Å². The summed E-state index contributed by atoms with van der Waals surface area (Å²) in [5, 5.41) is 3.51. The number of rotatable bonds is 3. The fraction of sp³-hybridized carbons (Fsp3) is 0.188. The minimum Gasteiger partial charge on any atom is -0.497 e. The Bertz CT molecular complexity index is 800. The summed E-state index contributed by atoms with van der Waals surface area (Å²) < 4.78 is 10.7. The molecule has 0 aliphatic carbocycles. The van der Waals surface area contributed by atoms with Crippen molar-refractivity contribution in [1.82, 2.24) is 0 Å². The highest BCUT2D eigenvalue weighted by Gasteiger charge is 2.10. The molecule has 0 atom stereocenters. The maximum absolute atomic E-state index is 12.1. The maximum Gasteiger partial charge on any atom is 0.344 e. The summed E-state index contributed by atoms with van der Waals surface area (Å²) in [6.07, 6.45) is 0.638. The third-order valence-electron chi connectivity index (χ3n) is 3.25. The fourth-order valence-electron chi connectivity index (χ4n) is 2.34. The SMILES string of the molecule is COc1cc(C)c2c(=O)oc(Cc3cccs3)cc2c1. The van der Waals surface area contributed by atoms with Crippen molar-refractivity contribution in [2.75, 3.05) is 7.11 Å². The Morgan fingerprint density at radius 3 is 2.85 bits per heavy atom. The summed E-state index contributed by atoms with van der Waals surface area (Å²) >= 11 is 1.65. The van der Waals surface area contributed by atoms with Crippen LogP contribution >= 0.6 is 11.3 Å². The lowest BCUT2D eigenvalue weighted by molar-refractivity contribution is 0.415. The predicted octanol–water partition coefficient (Wildman–Crippen LogP) is 3.76. The number of ether oxygens (including phenoxy) is 1. The highest BCUT2D eigenvalue weighted by atomic mass is 32.1. The average molecular weight is 286 g/mol. The maximum atomic E-state index is 12.1.